The summed E-state index contributed by atoms with van der Waals surface area (Å²) in [6.45, 7) is 1.14. The fraction of sp³-hybridized carbons (Fsp3) is 0.320. The lowest BCUT2D eigenvalue weighted by Gasteiger charge is -2.25. The van der Waals surface area contributed by atoms with Crippen LogP contribution in [0.15, 0.2) is 65.8 Å². The summed E-state index contributed by atoms with van der Waals surface area (Å²) < 4.78 is 28.7. The number of carbonyl (C=O) groups excluding carboxylic acids is 2. The number of amides is 1. The van der Waals surface area contributed by atoms with Gasteiger partial charge in [-0.15, -0.1) is 0 Å². The van der Waals surface area contributed by atoms with Gasteiger partial charge >= 0.3 is 0 Å². The van der Waals surface area contributed by atoms with Crippen LogP contribution < -0.4 is 5.32 Å². The van der Waals surface area contributed by atoms with Crippen molar-refractivity contribution >= 4 is 27.4 Å². The van der Waals surface area contributed by atoms with E-state index in [0.717, 1.165) is 24.8 Å². The van der Waals surface area contributed by atoms with Gasteiger partial charge in [0.25, 0.3) is 0 Å². The van der Waals surface area contributed by atoms with Gasteiger partial charge in [0.1, 0.15) is 0 Å². The minimum Gasteiger partial charge on any atom is -0.331 e. The number of aromatic nitrogens is 2. The van der Waals surface area contributed by atoms with Crippen molar-refractivity contribution in [3.63, 3.8) is 0 Å². The third-order valence-electron chi connectivity index (χ3n) is 5.97. The number of benzene rings is 2. The van der Waals surface area contributed by atoms with Crippen LogP contribution in [0.4, 0.5) is 5.69 Å². The van der Waals surface area contributed by atoms with Crippen LogP contribution in [0.5, 0.6) is 0 Å². The monoisotopic (exact) mass is 480 g/mol. The summed E-state index contributed by atoms with van der Waals surface area (Å²) in [6, 6.07) is 13.5. The molecule has 0 radical (unpaired) electrons. The van der Waals surface area contributed by atoms with Gasteiger partial charge < -0.3 is 9.88 Å². The predicted molar refractivity (Wildman–Crippen MR) is 129 cm³/mol. The van der Waals surface area contributed by atoms with Gasteiger partial charge in [-0.2, -0.15) is 4.31 Å². The van der Waals surface area contributed by atoms with Crippen molar-refractivity contribution in [2.24, 2.45) is 7.05 Å². The number of sulfonamides is 1. The first-order chi connectivity index (χ1) is 16.3. The highest BCUT2D eigenvalue weighted by molar-refractivity contribution is 7.89. The van der Waals surface area contributed by atoms with E-state index in [1.165, 1.54) is 0 Å². The Kier molecular flexibility index (Phi) is 7.23. The second-order valence-electron chi connectivity index (χ2n) is 8.43. The SMILES string of the molecule is Cn1ccnc1C(=O)c1ccc(NC(=O)CCc2ccc(S(=O)(=O)N3CCCCC3)cc2)cc1. The molecule has 8 nitrogen and oxygen atoms in total. The molecule has 1 N–H and O–H groups in total. The maximum Gasteiger partial charge on any atom is 0.243 e. The van der Waals surface area contributed by atoms with E-state index < -0.39 is 10.0 Å². The van der Waals surface area contributed by atoms with Crippen molar-refractivity contribution < 1.29 is 18.0 Å². The van der Waals surface area contributed by atoms with Crippen LogP contribution in [0.2, 0.25) is 0 Å². The fourth-order valence-electron chi connectivity index (χ4n) is 3.98. The molecule has 9 heteroatoms. The van der Waals surface area contributed by atoms with E-state index in [-0.39, 0.29) is 18.1 Å². The molecule has 0 saturated carbocycles. The smallest absolute Gasteiger partial charge is 0.243 e. The average Bonchev–Trinajstić information content (AvgIpc) is 3.29. The van der Waals surface area contributed by atoms with Crippen molar-refractivity contribution in [1.29, 1.82) is 0 Å². The van der Waals surface area contributed by atoms with Gasteiger partial charge in [0, 0.05) is 50.2 Å². The van der Waals surface area contributed by atoms with Gasteiger partial charge in [-0.3, -0.25) is 9.59 Å². The summed E-state index contributed by atoms with van der Waals surface area (Å²) in [5.41, 5.74) is 1.99. The Hall–Kier alpha value is -3.30. The molecule has 1 aromatic heterocycles. The molecule has 1 aliphatic heterocycles. The largest absolute Gasteiger partial charge is 0.331 e. The van der Waals surface area contributed by atoms with Crippen LogP contribution >= 0.6 is 0 Å². The van der Waals surface area contributed by atoms with Crippen molar-refractivity contribution in [2.75, 3.05) is 18.4 Å². The van der Waals surface area contributed by atoms with E-state index in [4.69, 9.17) is 0 Å². The molecule has 178 valence electrons. The zero-order chi connectivity index (χ0) is 24.1. The minimum atomic E-state index is -3.45. The van der Waals surface area contributed by atoms with E-state index >= 15 is 0 Å². The number of carbonyl (C=O) groups is 2. The van der Waals surface area contributed by atoms with E-state index in [9.17, 15) is 18.0 Å². The molecule has 0 aliphatic carbocycles. The Labute approximate surface area is 199 Å². The van der Waals surface area contributed by atoms with Crippen LogP contribution in [0.1, 0.15) is 47.4 Å². The molecule has 2 aromatic carbocycles. The lowest BCUT2D eigenvalue weighted by molar-refractivity contribution is -0.116. The number of hydrogen-bond acceptors (Lipinski definition) is 5. The molecule has 34 heavy (non-hydrogen) atoms. The summed E-state index contributed by atoms with van der Waals surface area (Å²) in [5.74, 6) is 0.0100. The minimum absolute atomic E-state index is 0.159. The number of piperidine rings is 1. The van der Waals surface area contributed by atoms with Gasteiger partial charge in [0.05, 0.1) is 4.90 Å². The van der Waals surface area contributed by atoms with Crippen molar-refractivity contribution in [1.82, 2.24) is 13.9 Å². The molecule has 3 aromatic rings. The first-order valence-corrected chi connectivity index (χ1v) is 12.8. The standard InChI is InChI=1S/C25H28N4O4S/c1-28-18-15-26-25(28)24(31)20-8-10-21(11-9-20)27-23(30)14-7-19-5-12-22(13-6-19)34(32,33)29-16-3-2-4-17-29/h5-6,8-13,15,18H,2-4,7,14,16-17H2,1H3,(H,27,30). The second-order valence-corrected chi connectivity index (χ2v) is 10.4. The number of nitrogens with one attached hydrogen (secondary N) is 1. The average molecular weight is 481 g/mol. The predicted octanol–water partition coefficient (Wildman–Crippen LogP) is 3.40. The zero-order valence-electron chi connectivity index (χ0n) is 19.1. The summed E-state index contributed by atoms with van der Waals surface area (Å²) in [6.07, 6.45) is 6.90. The topological polar surface area (TPSA) is 101 Å². The third-order valence-corrected chi connectivity index (χ3v) is 7.88. The first-order valence-electron chi connectivity index (χ1n) is 11.4. The molecule has 0 bridgehead atoms. The van der Waals surface area contributed by atoms with Gasteiger partial charge in [0.15, 0.2) is 5.82 Å². The van der Waals surface area contributed by atoms with E-state index in [2.05, 4.69) is 10.3 Å². The summed E-state index contributed by atoms with van der Waals surface area (Å²) in [5, 5.41) is 2.83. The number of rotatable bonds is 8. The molecule has 1 fully saturated rings. The molecule has 0 unspecified atom stereocenters. The molecule has 4 rings (SSSR count). The molecule has 0 spiro atoms. The highest BCUT2D eigenvalue weighted by atomic mass is 32.2. The van der Waals surface area contributed by atoms with E-state index in [0.29, 0.717) is 41.5 Å². The first kappa shape index (κ1) is 23.8. The number of aryl methyl sites for hydroxylation is 2. The quantitative estimate of drug-likeness (QED) is 0.498. The molecular weight excluding hydrogens is 452 g/mol. The Morgan fingerprint density at radius 1 is 0.971 bits per heavy atom. The number of ketones is 1. The molecule has 1 amide bonds. The maximum absolute atomic E-state index is 12.8. The molecule has 2 heterocycles. The van der Waals surface area contributed by atoms with Gasteiger partial charge in [-0.1, -0.05) is 18.6 Å². The second kappa shape index (κ2) is 10.3. The zero-order valence-corrected chi connectivity index (χ0v) is 19.9. The summed E-state index contributed by atoms with van der Waals surface area (Å²) in [4.78, 5) is 29.2. The summed E-state index contributed by atoms with van der Waals surface area (Å²) >= 11 is 0. The third kappa shape index (κ3) is 5.43. The Morgan fingerprint density at radius 2 is 1.65 bits per heavy atom. The number of anilines is 1. The highest BCUT2D eigenvalue weighted by Crippen LogP contribution is 2.21. The van der Waals surface area contributed by atoms with Crippen molar-refractivity contribution in [2.45, 2.75) is 37.0 Å². The van der Waals surface area contributed by atoms with Gasteiger partial charge in [-0.25, -0.2) is 13.4 Å². The van der Waals surface area contributed by atoms with Crippen LogP contribution in [0.25, 0.3) is 0 Å². The fourth-order valence-corrected chi connectivity index (χ4v) is 5.50. The lowest BCUT2D eigenvalue weighted by Crippen LogP contribution is -2.35. The Morgan fingerprint density at radius 3 is 2.26 bits per heavy atom. The van der Waals surface area contributed by atoms with Crippen LogP contribution in [-0.4, -0.2) is 47.1 Å². The van der Waals surface area contributed by atoms with Crippen molar-refractivity contribution in [3.8, 4) is 0 Å². The maximum atomic E-state index is 12.8. The lowest BCUT2D eigenvalue weighted by atomic mass is 10.1. The van der Waals surface area contributed by atoms with Gasteiger partial charge in [0.2, 0.25) is 21.7 Å². The van der Waals surface area contributed by atoms with Crippen LogP contribution in [0, 0.1) is 0 Å². The number of nitrogens with zero attached hydrogens (tertiary/aromatic N) is 3. The van der Waals surface area contributed by atoms with Crippen LogP contribution in [-0.2, 0) is 28.3 Å². The number of hydrogen-bond donors (Lipinski definition) is 1. The molecular formula is C25H28N4O4S. The van der Waals surface area contributed by atoms with Crippen molar-refractivity contribution in [3.05, 3.63) is 77.9 Å². The molecule has 1 aliphatic rings. The van der Waals surface area contributed by atoms with Gasteiger partial charge in [-0.05, 0) is 61.2 Å². The highest BCUT2D eigenvalue weighted by Gasteiger charge is 2.25. The Bertz CT molecular complexity index is 1260. The van der Waals surface area contributed by atoms with E-state index in [1.54, 1.807) is 76.8 Å². The molecule has 1 saturated heterocycles. The van der Waals surface area contributed by atoms with E-state index in [1.807, 2.05) is 0 Å². The van der Waals surface area contributed by atoms with Crippen LogP contribution in [0.3, 0.4) is 0 Å². The summed E-state index contributed by atoms with van der Waals surface area (Å²) in [7, 11) is -1.69. The number of imidazole rings is 1. The molecule has 0 atom stereocenters. The normalized spacial score (nSPS) is 14.6. The Balaban J connectivity index is 1.30.